The van der Waals surface area contributed by atoms with Gasteiger partial charge in [0.2, 0.25) is 0 Å². The van der Waals surface area contributed by atoms with Crippen molar-refractivity contribution >= 4 is 15.9 Å². The molecule has 0 aliphatic heterocycles. The smallest absolute Gasteiger partial charge is 0.106 e. The van der Waals surface area contributed by atoms with E-state index in [1.165, 1.54) is 5.56 Å². The highest BCUT2D eigenvalue weighted by molar-refractivity contribution is 9.10. The monoisotopic (exact) mass is 199 g/mol. The van der Waals surface area contributed by atoms with Gasteiger partial charge in [-0.2, -0.15) is 0 Å². The lowest BCUT2D eigenvalue weighted by atomic mass is 10.1. The molecule has 0 aliphatic rings. The fraction of sp³-hybridized carbons (Fsp3) is 0.375. The Labute approximate surface area is 69.6 Å². The van der Waals surface area contributed by atoms with Crippen molar-refractivity contribution in [3.05, 3.63) is 28.5 Å². The van der Waals surface area contributed by atoms with Gasteiger partial charge in [0.1, 0.15) is 4.60 Å². The van der Waals surface area contributed by atoms with E-state index in [-0.39, 0.29) is 0 Å². The van der Waals surface area contributed by atoms with Crippen molar-refractivity contribution in [3.63, 3.8) is 0 Å². The third-order valence-electron chi connectivity index (χ3n) is 1.42. The summed E-state index contributed by atoms with van der Waals surface area (Å²) in [5.74, 6) is 0.570. The molecule has 0 fully saturated rings. The van der Waals surface area contributed by atoms with E-state index in [4.69, 9.17) is 0 Å². The van der Waals surface area contributed by atoms with Gasteiger partial charge in [-0.25, -0.2) is 4.98 Å². The molecular weight excluding hydrogens is 190 g/mol. The molecule has 0 spiro atoms. The number of pyridine rings is 1. The van der Waals surface area contributed by atoms with Crippen molar-refractivity contribution in [1.29, 1.82) is 0 Å². The Morgan fingerprint density at radius 1 is 1.40 bits per heavy atom. The largest absolute Gasteiger partial charge is 0.249 e. The first kappa shape index (κ1) is 7.73. The summed E-state index contributed by atoms with van der Waals surface area (Å²) in [6.07, 6.45) is 1.90. The van der Waals surface area contributed by atoms with Crippen LogP contribution in [-0.4, -0.2) is 4.98 Å². The number of hydrogen-bond donors (Lipinski definition) is 0. The summed E-state index contributed by atoms with van der Waals surface area (Å²) in [6.45, 7) is 4.32. The second kappa shape index (κ2) is 3.15. The van der Waals surface area contributed by atoms with Crippen LogP contribution in [0.3, 0.4) is 0 Å². The highest BCUT2D eigenvalue weighted by atomic mass is 79.9. The van der Waals surface area contributed by atoms with Crippen molar-refractivity contribution in [1.82, 2.24) is 4.98 Å². The normalized spacial score (nSPS) is 10.4. The van der Waals surface area contributed by atoms with Crippen LogP contribution in [0.25, 0.3) is 0 Å². The first-order valence-corrected chi connectivity index (χ1v) is 4.11. The van der Waals surface area contributed by atoms with Crippen LogP contribution in [0.4, 0.5) is 0 Å². The van der Waals surface area contributed by atoms with Crippen molar-refractivity contribution < 1.29 is 0 Å². The summed E-state index contributed by atoms with van der Waals surface area (Å²) in [6, 6.07) is 4.05. The van der Waals surface area contributed by atoms with E-state index in [0.29, 0.717) is 5.92 Å². The molecule has 0 aliphatic carbocycles. The molecule has 1 aromatic heterocycles. The lowest BCUT2D eigenvalue weighted by Gasteiger charge is -2.02. The zero-order valence-corrected chi connectivity index (χ0v) is 7.72. The Kier molecular flexibility index (Phi) is 2.44. The second-order valence-corrected chi connectivity index (χ2v) is 3.38. The highest BCUT2D eigenvalue weighted by Gasteiger charge is 1.96. The van der Waals surface area contributed by atoms with Crippen LogP contribution in [0.2, 0.25) is 0 Å². The Morgan fingerprint density at radius 2 is 2.10 bits per heavy atom. The van der Waals surface area contributed by atoms with E-state index in [1.54, 1.807) is 0 Å². The van der Waals surface area contributed by atoms with Gasteiger partial charge in [0, 0.05) is 6.20 Å². The van der Waals surface area contributed by atoms with Crippen LogP contribution in [0.15, 0.2) is 22.9 Å². The SMILES string of the molecule is CC(C)c1ccc(Br)nc1. The third kappa shape index (κ3) is 1.81. The van der Waals surface area contributed by atoms with Crippen molar-refractivity contribution in [2.75, 3.05) is 0 Å². The van der Waals surface area contributed by atoms with E-state index in [9.17, 15) is 0 Å². The minimum absolute atomic E-state index is 0.570. The van der Waals surface area contributed by atoms with Gasteiger partial charge in [-0.1, -0.05) is 19.9 Å². The summed E-state index contributed by atoms with van der Waals surface area (Å²) in [7, 11) is 0. The molecule has 1 rings (SSSR count). The van der Waals surface area contributed by atoms with E-state index < -0.39 is 0 Å². The van der Waals surface area contributed by atoms with Crippen LogP contribution < -0.4 is 0 Å². The van der Waals surface area contributed by atoms with Crippen molar-refractivity contribution in [2.24, 2.45) is 0 Å². The molecule has 0 unspecified atom stereocenters. The number of halogens is 1. The molecule has 0 bridgehead atoms. The molecule has 54 valence electrons. The molecule has 0 aromatic carbocycles. The zero-order valence-electron chi connectivity index (χ0n) is 6.13. The molecule has 0 saturated heterocycles. The topological polar surface area (TPSA) is 12.9 Å². The molecule has 1 aromatic rings. The Balaban J connectivity index is 2.89. The lowest BCUT2D eigenvalue weighted by molar-refractivity contribution is 0.856. The predicted molar refractivity (Wildman–Crippen MR) is 46.0 cm³/mol. The van der Waals surface area contributed by atoms with Crippen LogP contribution >= 0.6 is 15.9 Å². The molecule has 2 heteroatoms. The molecule has 0 N–H and O–H groups in total. The summed E-state index contributed by atoms with van der Waals surface area (Å²) in [5.41, 5.74) is 1.28. The Hall–Kier alpha value is -0.370. The maximum Gasteiger partial charge on any atom is 0.106 e. The maximum absolute atomic E-state index is 4.12. The van der Waals surface area contributed by atoms with E-state index in [2.05, 4.69) is 40.8 Å². The number of rotatable bonds is 1. The van der Waals surface area contributed by atoms with E-state index in [0.717, 1.165) is 4.60 Å². The summed E-state index contributed by atoms with van der Waals surface area (Å²) < 4.78 is 0.900. The molecular formula is C8H10BrN. The molecule has 0 radical (unpaired) electrons. The summed E-state index contributed by atoms with van der Waals surface area (Å²) >= 11 is 3.28. The second-order valence-electron chi connectivity index (χ2n) is 2.57. The highest BCUT2D eigenvalue weighted by Crippen LogP contribution is 2.14. The van der Waals surface area contributed by atoms with Gasteiger partial charge in [0.05, 0.1) is 0 Å². The van der Waals surface area contributed by atoms with Gasteiger partial charge in [-0.05, 0) is 33.5 Å². The molecule has 0 saturated carbocycles. The molecule has 10 heavy (non-hydrogen) atoms. The zero-order chi connectivity index (χ0) is 7.56. The fourth-order valence-electron chi connectivity index (χ4n) is 0.729. The first-order valence-electron chi connectivity index (χ1n) is 3.31. The number of aromatic nitrogens is 1. The number of hydrogen-bond acceptors (Lipinski definition) is 1. The van der Waals surface area contributed by atoms with Crippen molar-refractivity contribution in [3.8, 4) is 0 Å². The number of nitrogens with zero attached hydrogens (tertiary/aromatic N) is 1. The van der Waals surface area contributed by atoms with Crippen LogP contribution in [-0.2, 0) is 0 Å². The molecule has 0 atom stereocenters. The van der Waals surface area contributed by atoms with Gasteiger partial charge >= 0.3 is 0 Å². The van der Waals surface area contributed by atoms with Gasteiger partial charge in [0.25, 0.3) is 0 Å². The minimum Gasteiger partial charge on any atom is -0.249 e. The average Bonchev–Trinajstić information content (AvgIpc) is 1.88. The average molecular weight is 200 g/mol. The van der Waals surface area contributed by atoms with Gasteiger partial charge in [0.15, 0.2) is 0 Å². The Bertz CT molecular complexity index is 203. The molecule has 1 heterocycles. The van der Waals surface area contributed by atoms with Crippen LogP contribution in [0, 0.1) is 0 Å². The first-order chi connectivity index (χ1) is 4.70. The molecule has 0 amide bonds. The van der Waals surface area contributed by atoms with Crippen LogP contribution in [0.5, 0.6) is 0 Å². The third-order valence-corrected chi connectivity index (χ3v) is 1.89. The summed E-state index contributed by atoms with van der Waals surface area (Å²) in [5, 5.41) is 0. The van der Waals surface area contributed by atoms with Crippen molar-refractivity contribution in [2.45, 2.75) is 19.8 Å². The maximum atomic E-state index is 4.12. The van der Waals surface area contributed by atoms with Gasteiger partial charge in [-0.15, -0.1) is 0 Å². The Morgan fingerprint density at radius 3 is 2.50 bits per heavy atom. The van der Waals surface area contributed by atoms with E-state index >= 15 is 0 Å². The predicted octanol–water partition coefficient (Wildman–Crippen LogP) is 2.97. The summed E-state index contributed by atoms with van der Waals surface area (Å²) in [4.78, 5) is 4.12. The van der Waals surface area contributed by atoms with Crippen LogP contribution in [0.1, 0.15) is 25.3 Å². The van der Waals surface area contributed by atoms with Gasteiger partial charge in [-0.3, -0.25) is 0 Å². The molecule has 1 nitrogen and oxygen atoms in total. The standard InChI is InChI=1S/C8H10BrN/c1-6(2)7-3-4-8(9)10-5-7/h3-6H,1-2H3. The quantitative estimate of drug-likeness (QED) is 0.635. The minimum atomic E-state index is 0.570. The lowest BCUT2D eigenvalue weighted by Crippen LogP contribution is -1.87. The van der Waals surface area contributed by atoms with E-state index in [1.807, 2.05) is 12.3 Å². The van der Waals surface area contributed by atoms with Gasteiger partial charge < -0.3 is 0 Å². The fourth-order valence-corrected chi connectivity index (χ4v) is 0.963.